The van der Waals surface area contributed by atoms with E-state index in [-0.39, 0.29) is 24.3 Å². The van der Waals surface area contributed by atoms with Gasteiger partial charge in [0.1, 0.15) is 18.4 Å². The summed E-state index contributed by atoms with van der Waals surface area (Å²) in [6.07, 6.45) is -0.561. The third kappa shape index (κ3) is 4.41. The van der Waals surface area contributed by atoms with Gasteiger partial charge in [-0.15, -0.1) is 0 Å². The Bertz CT molecular complexity index is 1130. The molecule has 0 aromatic heterocycles. The summed E-state index contributed by atoms with van der Waals surface area (Å²) in [6.45, 7) is 2.25. The van der Waals surface area contributed by atoms with Crippen molar-refractivity contribution in [2.24, 2.45) is 5.92 Å². The number of amides is 2. The highest BCUT2D eigenvalue weighted by Gasteiger charge is 2.47. The minimum absolute atomic E-state index is 0.0352. The molecular weight excluding hydrogens is 428 g/mol. The average Bonchev–Trinajstić information content (AvgIpc) is 3.48. The van der Waals surface area contributed by atoms with Crippen molar-refractivity contribution in [1.29, 1.82) is 0 Å². The van der Waals surface area contributed by atoms with Crippen LogP contribution in [0.1, 0.15) is 28.7 Å². The smallest absolute Gasteiger partial charge is 0.417 e. The molecule has 2 aliphatic rings. The molecule has 2 aliphatic heterocycles. The van der Waals surface area contributed by atoms with Gasteiger partial charge < -0.3 is 9.47 Å². The Morgan fingerprint density at radius 3 is 2.26 bits per heavy atom. The second-order valence-electron chi connectivity index (χ2n) is 8.88. The summed E-state index contributed by atoms with van der Waals surface area (Å²) in [4.78, 5) is 30.3. The van der Waals surface area contributed by atoms with Gasteiger partial charge in [-0.05, 0) is 28.8 Å². The van der Waals surface area contributed by atoms with Crippen LogP contribution in [0, 0.1) is 5.92 Å². The average molecular weight is 457 g/mol. The molecule has 0 saturated carbocycles. The van der Waals surface area contributed by atoms with Crippen LogP contribution in [0.15, 0.2) is 84.9 Å². The molecule has 0 radical (unpaired) electrons. The fourth-order valence-electron chi connectivity index (χ4n) is 5.06. The van der Waals surface area contributed by atoms with Gasteiger partial charge in [-0.2, -0.15) is 0 Å². The normalized spacial score (nSPS) is 22.6. The fraction of sp³-hybridized carbons (Fsp3) is 0.286. The van der Waals surface area contributed by atoms with Gasteiger partial charge >= 0.3 is 6.09 Å². The summed E-state index contributed by atoms with van der Waals surface area (Å²) in [5, 5.41) is 0. The number of rotatable bonds is 6. The van der Waals surface area contributed by atoms with E-state index in [0.717, 1.165) is 30.0 Å². The van der Waals surface area contributed by atoms with Crippen molar-refractivity contribution < 1.29 is 19.1 Å². The zero-order chi connectivity index (χ0) is 23.5. The van der Waals surface area contributed by atoms with Crippen LogP contribution in [0.5, 0.6) is 5.75 Å². The van der Waals surface area contributed by atoms with Gasteiger partial charge in [0.05, 0.1) is 13.0 Å². The number of ether oxygens (including phenoxy) is 2. The number of likely N-dealkylation sites (tertiary alicyclic amines) is 1. The topological polar surface area (TPSA) is 59.1 Å². The van der Waals surface area contributed by atoms with Crippen LogP contribution in [-0.2, 0) is 16.1 Å². The molecule has 6 nitrogen and oxygen atoms in total. The number of carbonyl (C=O) groups excluding carboxylic acids is 2. The second-order valence-corrected chi connectivity index (χ2v) is 8.88. The second kappa shape index (κ2) is 9.69. The molecule has 0 N–H and O–H groups in total. The van der Waals surface area contributed by atoms with Crippen molar-refractivity contribution in [1.82, 2.24) is 9.80 Å². The number of methoxy groups -OCH3 is 1. The SMILES string of the molecule is COc1ccc(C2CN(Cc3ccccc3)CC2C(=O)N2C(=O)OC[C@H]2c2ccccc2)cc1. The molecule has 2 unspecified atom stereocenters. The number of hydrogen-bond acceptors (Lipinski definition) is 5. The van der Waals surface area contributed by atoms with Crippen LogP contribution in [-0.4, -0.2) is 48.6 Å². The number of hydrogen-bond donors (Lipinski definition) is 0. The Morgan fingerprint density at radius 1 is 0.912 bits per heavy atom. The minimum atomic E-state index is -0.561. The highest BCUT2D eigenvalue weighted by atomic mass is 16.6. The highest BCUT2D eigenvalue weighted by molar-refractivity contribution is 5.95. The van der Waals surface area contributed by atoms with Gasteiger partial charge in [-0.3, -0.25) is 9.69 Å². The molecule has 2 heterocycles. The van der Waals surface area contributed by atoms with E-state index < -0.39 is 12.1 Å². The maximum Gasteiger partial charge on any atom is 0.417 e. The lowest BCUT2D eigenvalue weighted by atomic mass is 9.87. The Labute approximate surface area is 199 Å². The number of cyclic esters (lactones) is 1. The Balaban J connectivity index is 1.44. The molecule has 3 aromatic rings. The van der Waals surface area contributed by atoms with Crippen LogP contribution in [0.2, 0.25) is 0 Å². The highest BCUT2D eigenvalue weighted by Crippen LogP contribution is 2.38. The summed E-state index contributed by atoms with van der Waals surface area (Å²) < 4.78 is 10.7. The van der Waals surface area contributed by atoms with Crippen LogP contribution in [0.4, 0.5) is 4.79 Å². The van der Waals surface area contributed by atoms with Crippen LogP contribution in [0.3, 0.4) is 0 Å². The van der Waals surface area contributed by atoms with Gasteiger partial charge in [0.15, 0.2) is 0 Å². The van der Waals surface area contributed by atoms with Gasteiger partial charge in [-0.25, -0.2) is 9.69 Å². The van der Waals surface area contributed by atoms with E-state index in [1.165, 1.54) is 10.5 Å². The lowest BCUT2D eigenvalue weighted by Gasteiger charge is -2.26. The zero-order valence-corrected chi connectivity index (χ0v) is 19.2. The molecule has 0 bridgehead atoms. The molecule has 0 aliphatic carbocycles. The standard InChI is InChI=1S/C28H28N2O4/c1-33-23-14-12-21(13-15-23)24-17-29(16-20-8-4-2-5-9-20)18-25(24)27(31)30-26(19-34-28(30)32)22-10-6-3-7-11-22/h2-15,24-26H,16-19H2,1H3/t24?,25?,26-/m0/s1. The van der Waals surface area contributed by atoms with Crippen molar-refractivity contribution in [3.05, 3.63) is 102 Å². The van der Waals surface area contributed by atoms with Gasteiger partial charge in [0.2, 0.25) is 5.91 Å². The number of benzene rings is 3. The van der Waals surface area contributed by atoms with Crippen molar-refractivity contribution in [2.45, 2.75) is 18.5 Å². The van der Waals surface area contributed by atoms with E-state index in [1.54, 1.807) is 7.11 Å². The molecule has 2 amide bonds. The third-order valence-corrected chi connectivity index (χ3v) is 6.80. The first-order valence-corrected chi connectivity index (χ1v) is 11.6. The number of imide groups is 1. The van der Waals surface area contributed by atoms with Crippen molar-refractivity contribution in [3.8, 4) is 5.75 Å². The molecule has 3 atom stereocenters. The Hall–Kier alpha value is -3.64. The van der Waals surface area contributed by atoms with E-state index in [9.17, 15) is 9.59 Å². The summed E-state index contributed by atoms with van der Waals surface area (Å²) in [6, 6.07) is 27.4. The zero-order valence-electron chi connectivity index (χ0n) is 19.2. The predicted molar refractivity (Wildman–Crippen MR) is 128 cm³/mol. The lowest BCUT2D eigenvalue weighted by Crippen LogP contribution is -2.41. The van der Waals surface area contributed by atoms with Gasteiger partial charge in [0, 0.05) is 25.6 Å². The molecule has 174 valence electrons. The molecule has 2 saturated heterocycles. The summed E-state index contributed by atoms with van der Waals surface area (Å²) in [5.74, 6) is 0.215. The number of carbonyl (C=O) groups is 2. The van der Waals surface area contributed by atoms with Crippen LogP contribution in [0.25, 0.3) is 0 Å². The number of nitrogens with zero attached hydrogens (tertiary/aromatic N) is 2. The minimum Gasteiger partial charge on any atom is -0.497 e. The Kier molecular flexibility index (Phi) is 6.32. The molecule has 34 heavy (non-hydrogen) atoms. The monoisotopic (exact) mass is 456 g/mol. The largest absolute Gasteiger partial charge is 0.497 e. The predicted octanol–water partition coefficient (Wildman–Crippen LogP) is 4.63. The molecule has 6 heteroatoms. The van der Waals surface area contributed by atoms with E-state index in [1.807, 2.05) is 72.8 Å². The van der Waals surface area contributed by atoms with Crippen molar-refractivity contribution >= 4 is 12.0 Å². The van der Waals surface area contributed by atoms with Crippen LogP contribution < -0.4 is 4.74 Å². The molecule has 2 fully saturated rings. The summed E-state index contributed by atoms with van der Waals surface area (Å²) in [5.41, 5.74) is 3.17. The fourth-order valence-corrected chi connectivity index (χ4v) is 5.06. The third-order valence-electron chi connectivity index (χ3n) is 6.80. The van der Waals surface area contributed by atoms with Gasteiger partial charge in [-0.1, -0.05) is 72.8 Å². The maximum atomic E-state index is 13.9. The Morgan fingerprint density at radius 2 is 1.59 bits per heavy atom. The summed E-state index contributed by atoms with van der Waals surface area (Å²) in [7, 11) is 1.64. The molecule has 0 spiro atoms. The van der Waals surface area contributed by atoms with Crippen molar-refractivity contribution in [2.75, 3.05) is 26.8 Å². The summed E-state index contributed by atoms with van der Waals surface area (Å²) >= 11 is 0. The van der Waals surface area contributed by atoms with E-state index >= 15 is 0 Å². The molecular formula is C28H28N2O4. The first-order chi connectivity index (χ1) is 16.6. The van der Waals surface area contributed by atoms with Crippen molar-refractivity contribution in [3.63, 3.8) is 0 Å². The van der Waals surface area contributed by atoms with Gasteiger partial charge in [0.25, 0.3) is 0 Å². The maximum absolute atomic E-state index is 13.9. The molecule has 5 rings (SSSR count). The molecule has 3 aromatic carbocycles. The lowest BCUT2D eigenvalue weighted by molar-refractivity contribution is -0.133. The van der Waals surface area contributed by atoms with E-state index in [4.69, 9.17) is 9.47 Å². The first-order valence-electron chi connectivity index (χ1n) is 11.6. The van der Waals surface area contributed by atoms with E-state index in [0.29, 0.717) is 6.54 Å². The quantitative estimate of drug-likeness (QED) is 0.541. The van der Waals surface area contributed by atoms with Crippen LogP contribution >= 0.6 is 0 Å². The van der Waals surface area contributed by atoms with E-state index in [2.05, 4.69) is 17.0 Å². The first kappa shape index (κ1) is 22.2.